The van der Waals surface area contributed by atoms with Gasteiger partial charge in [0.15, 0.2) is 0 Å². The van der Waals surface area contributed by atoms with Gasteiger partial charge in [-0.05, 0) is 61.4 Å². The van der Waals surface area contributed by atoms with E-state index in [4.69, 9.17) is 0 Å². The first-order chi connectivity index (χ1) is 13.1. The zero-order valence-electron chi connectivity index (χ0n) is 14.7. The van der Waals surface area contributed by atoms with E-state index in [0.717, 1.165) is 24.2 Å². The molecule has 1 heterocycles. The number of nitrogens with one attached hydrogen (secondary N) is 3. The maximum Gasteiger partial charge on any atom is 0.321 e. The van der Waals surface area contributed by atoms with E-state index < -0.39 is 0 Å². The van der Waals surface area contributed by atoms with Crippen molar-refractivity contribution in [3.05, 3.63) is 54.1 Å². The van der Waals surface area contributed by atoms with Gasteiger partial charge in [-0.1, -0.05) is 0 Å². The van der Waals surface area contributed by atoms with Gasteiger partial charge in [-0.2, -0.15) is 0 Å². The molecule has 7 heteroatoms. The number of rotatable bonds is 5. The van der Waals surface area contributed by atoms with Gasteiger partial charge in [-0.3, -0.25) is 14.5 Å². The minimum atomic E-state index is -0.234. The Labute approximate surface area is 156 Å². The van der Waals surface area contributed by atoms with Crippen LogP contribution in [0.3, 0.4) is 0 Å². The molecule has 0 unspecified atom stereocenters. The second-order valence-electron chi connectivity index (χ2n) is 6.73. The molecular formula is C20H20N4O3. The molecule has 0 radical (unpaired) electrons. The van der Waals surface area contributed by atoms with Crippen molar-refractivity contribution in [1.82, 2.24) is 5.32 Å². The lowest BCUT2D eigenvalue weighted by atomic mass is 10.1. The van der Waals surface area contributed by atoms with Crippen LogP contribution in [-0.2, 0) is 4.79 Å². The average Bonchev–Trinajstić information content (AvgIpc) is 3.45. The molecule has 1 aliphatic heterocycles. The number of hydrogen-bond acceptors (Lipinski definition) is 3. The molecule has 0 aromatic heterocycles. The van der Waals surface area contributed by atoms with Crippen LogP contribution < -0.4 is 20.9 Å². The normalized spacial score (nSPS) is 16.0. The van der Waals surface area contributed by atoms with Crippen molar-refractivity contribution in [2.24, 2.45) is 5.92 Å². The van der Waals surface area contributed by atoms with Gasteiger partial charge in [-0.25, -0.2) is 4.79 Å². The number of hydrogen-bond donors (Lipinski definition) is 3. The van der Waals surface area contributed by atoms with Crippen molar-refractivity contribution in [3.63, 3.8) is 0 Å². The standard InChI is InChI=1S/C20H20N4O3/c25-18(13-1-2-13)22-15-5-7-16(8-6-15)23-19(26)14-3-9-17(10-4-14)24-12-11-21-20(24)27/h3-10,13H,1-2,11-12H2,(H,21,27)(H,22,25)(H,23,26). The third-order valence-corrected chi connectivity index (χ3v) is 4.66. The molecule has 0 atom stereocenters. The predicted molar refractivity (Wildman–Crippen MR) is 103 cm³/mol. The van der Waals surface area contributed by atoms with Gasteiger partial charge in [0.25, 0.3) is 5.91 Å². The van der Waals surface area contributed by atoms with Crippen molar-refractivity contribution in [3.8, 4) is 0 Å². The number of carbonyl (C=O) groups excluding carboxylic acids is 3. The molecular weight excluding hydrogens is 344 g/mol. The molecule has 2 aromatic rings. The van der Waals surface area contributed by atoms with Gasteiger partial charge in [0.05, 0.1) is 0 Å². The van der Waals surface area contributed by atoms with Gasteiger partial charge in [0.2, 0.25) is 5.91 Å². The molecule has 138 valence electrons. The monoisotopic (exact) mass is 364 g/mol. The zero-order valence-corrected chi connectivity index (χ0v) is 14.7. The number of nitrogens with zero attached hydrogens (tertiary/aromatic N) is 1. The van der Waals surface area contributed by atoms with Crippen LogP contribution in [0.1, 0.15) is 23.2 Å². The number of urea groups is 1. The molecule has 7 nitrogen and oxygen atoms in total. The van der Waals surface area contributed by atoms with E-state index in [0.29, 0.717) is 24.3 Å². The van der Waals surface area contributed by atoms with Crippen molar-refractivity contribution >= 4 is 34.9 Å². The van der Waals surface area contributed by atoms with Crippen LogP contribution in [-0.4, -0.2) is 30.9 Å². The molecule has 1 saturated carbocycles. The Morgan fingerprint density at radius 1 is 0.926 bits per heavy atom. The summed E-state index contributed by atoms with van der Waals surface area (Å²) < 4.78 is 0. The van der Waals surface area contributed by atoms with E-state index in [1.54, 1.807) is 53.4 Å². The van der Waals surface area contributed by atoms with Crippen molar-refractivity contribution in [2.45, 2.75) is 12.8 Å². The first-order valence-electron chi connectivity index (χ1n) is 8.98. The van der Waals surface area contributed by atoms with E-state index in [1.807, 2.05) is 0 Å². The van der Waals surface area contributed by atoms with Gasteiger partial charge in [0, 0.05) is 41.6 Å². The smallest absolute Gasteiger partial charge is 0.321 e. The lowest BCUT2D eigenvalue weighted by Gasteiger charge is -2.14. The summed E-state index contributed by atoms with van der Waals surface area (Å²) in [5.41, 5.74) is 2.63. The highest BCUT2D eigenvalue weighted by molar-refractivity contribution is 6.05. The van der Waals surface area contributed by atoms with Gasteiger partial charge < -0.3 is 16.0 Å². The van der Waals surface area contributed by atoms with E-state index in [1.165, 1.54) is 0 Å². The van der Waals surface area contributed by atoms with E-state index in [-0.39, 0.29) is 23.8 Å². The number of carbonyl (C=O) groups is 3. The average molecular weight is 364 g/mol. The summed E-state index contributed by atoms with van der Waals surface area (Å²) in [7, 11) is 0. The minimum absolute atomic E-state index is 0.0542. The summed E-state index contributed by atoms with van der Waals surface area (Å²) in [6.45, 7) is 1.24. The zero-order chi connectivity index (χ0) is 18.8. The van der Waals surface area contributed by atoms with Crippen molar-refractivity contribution < 1.29 is 14.4 Å². The first-order valence-corrected chi connectivity index (χ1v) is 8.98. The van der Waals surface area contributed by atoms with E-state index >= 15 is 0 Å². The molecule has 1 aliphatic carbocycles. The van der Waals surface area contributed by atoms with Crippen molar-refractivity contribution in [2.75, 3.05) is 28.6 Å². The minimum Gasteiger partial charge on any atom is -0.336 e. The number of amides is 4. The SMILES string of the molecule is O=C(Nc1ccc(NC(=O)C2CC2)cc1)c1ccc(N2CCNC2=O)cc1. The maximum atomic E-state index is 12.4. The van der Waals surface area contributed by atoms with E-state index in [9.17, 15) is 14.4 Å². The molecule has 3 N–H and O–H groups in total. The second-order valence-corrected chi connectivity index (χ2v) is 6.73. The number of anilines is 3. The molecule has 0 bridgehead atoms. The Hall–Kier alpha value is -3.35. The van der Waals surface area contributed by atoms with Crippen LogP contribution in [0.5, 0.6) is 0 Å². The molecule has 2 aliphatic rings. The summed E-state index contributed by atoms with van der Waals surface area (Å²) in [6, 6.07) is 13.8. The molecule has 2 aromatic carbocycles. The lowest BCUT2D eigenvalue weighted by molar-refractivity contribution is -0.117. The third kappa shape index (κ3) is 3.92. The number of benzene rings is 2. The molecule has 4 rings (SSSR count). The quantitative estimate of drug-likeness (QED) is 0.762. The van der Waals surface area contributed by atoms with Gasteiger partial charge in [-0.15, -0.1) is 0 Å². The van der Waals surface area contributed by atoms with Crippen LogP contribution >= 0.6 is 0 Å². The van der Waals surface area contributed by atoms with Crippen LogP contribution in [0.2, 0.25) is 0 Å². The summed E-state index contributed by atoms with van der Waals surface area (Å²) in [5.74, 6) is -0.0280. The second kappa shape index (κ2) is 7.11. The molecule has 1 saturated heterocycles. The molecule has 4 amide bonds. The Balaban J connectivity index is 1.36. The summed E-state index contributed by atoms with van der Waals surface area (Å²) >= 11 is 0. The van der Waals surface area contributed by atoms with Gasteiger partial charge in [0.1, 0.15) is 0 Å². The third-order valence-electron chi connectivity index (χ3n) is 4.66. The summed E-state index contributed by atoms with van der Waals surface area (Å²) in [6.07, 6.45) is 1.92. The topological polar surface area (TPSA) is 90.5 Å². The first kappa shape index (κ1) is 17.1. The van der Waals surface area contributed by atoms with Crippen molar-refractivity contribution in [1.29, 1.82) is 0 Å². The highest BCUT2D eigenvalue weighted by Gasteiger charge is 2.29. The molecule has 2 fully saturated rings. The van der Waals surface area contributed by atoms with Crippen LogP contribution in [0, 0.1) is 5.92 Å². The Morgan fingerprint density at radius 2 is 1.56 bits per heavy atom. The van der Waals surface area contributed by atoms with Crippen LogP contribution in [0.4, 0.5) is 21.9 Å². The highest BCUT2D eigenvalue weighted by Crippen LogP contribution is 2.30. The lowest BCUT2D eigenvalue weighted by Crippen LogP contribution is -2.27. The maximum absolute atomic E-state index is 12.4. The van der Waals surface area contributed by atoms with Crippen LogP contribution in [0.25, 0.3) is 0 Å². The Kier molecular flexibility index (Phi) is 4.50. The molecule has 0 spiro atoms. The van der Waals surface area contributed by atoms with Gasteiger partial charge >= 0.3 is 6.03 Å². The fourth-order valence-electron chi connectivity index (χ4n) is 2.94. The Morgan fingerprint density at radius 3 is 2.11 bits per heavy atom. The Bertz CT molecular complexity index is 873. The van der Waals surface area contributed by atoms with E-state index in [2.05, 4.69) is 16.0 Å². The predicted octanol–water partition coefficient (Wildman–Crippen LogP) is 2.82. The largest absolute Gasteiger partial charge is 0.336 e. The highest BCUT2D eigenvalue weighted by atomic mass is 16.2. The fourth-order valence-corrected chi connectivity index (χ4v) is 2.94. The summed E-state index contributed by atoms with van der Waals surface area (Å²) in [4.78, 5) is 37.5. The van der Waals surface area contributed by atoms with Crippen LogP contribution in [0.15, 0.2) is 48.5 Å². The fraction of sp³-hybridized carbons (Fsp3) is 0.250. The molecule has 27 heavy (non-hydrogen) atoms. The summed E-state index contributed by atoms with van der Waals surface area (Å²) in [5, 5.41) is 8.44.